The van der Waals surface area contributed by atoms with Gasteiger partial charge in [0.1, 0.15) is 0 Å². The number of halogens is 3. The van der Waals surface area contributed by atoms with E-state index < -0.39 is 17.7 Å². The molecule has 0 aliphatic heterocycles. The Labute approximate surface area is 78.6 Å². The normalized spacial score (nSPS) is 16.5. The SMILES string of the molecule is CC(Cl)C(Cl)(Cl)OP(=O)(O)O. The van der Waals surface area contributed by atoms with Crippen LogP contribution in [-0.2, 0) is 9.09 Å². The van der Waals surface area contributed by atoms with Crippen molar-refractivity contribution in [1.29, 1.82) is 0 Å². The second kappa shape index (κ2) is 3.79. The standard InChI is InChI=1S/C3H6Cl3O4P/c1-2(4)3(5,6)10-11(7,8)9/h2H,1H3,(H2,7,8,9). The number of hydrogen-bond donors (Lipinski definition) is 2. The largest absolute Gasteiger partial charge is 0.472 e. The van der Waals surface area contributed by atoms with Crippen LogP contribution in [0.2, 0.25) is 0 Å². The highest BCUT2D eigenvalue weighted by Crippen LogP contribution is 2.47. The molecule has 1 atom stereocenters. The number of phosphoric acid groups is 1. The maximum Gasteiger partial charge on any atom is 0.472 e. The molecule has 0 spiro atoms. The molecule has 0 bridgehead atoms. The molecule has 0 radical (unpaired) electrons. The highest BCUT2D eigenvalue weighted by molar-refractivity contribution is 7.46. The van der Waals surface area contributed by atoms with Crippen LogP contribution in [0.4, 0.5) is 0 Å². The molecule has 2 N–H and O–H groups in total. The van der Waals surface area contributed by atoms with Crippen LogP contribution in [-0.4, -0.2) is 19.7 Å². The first-order chi connectivity index (χ1) is 4.65. The van der Waals surface area contributed by atoms with Gasteiger partial charge < -0.3 is 9.79 Å². The van der Waals surface area contributed by atoms with E-state index in [1.807, 2.05) is 0 Å². The summed E-state index contributed by atoms with van der Waals surface area (Å²) in [7, 11) is -4.69. The van der Waals surface area contributed by atoms with E-state index in [2.05, 4.69) is 4.52 Å². The van der Waals surface area contributed by atoms with Crippen LogP contribution in [0.15, 0.2) is 0 Å². The van der Waals surface area contributed by atoms with Gasteiger partial charge in [0, 0.05) is 0 Å². The van der Waals surface area contributed by atoms with Crippen molar-refractivity contribution in [3.8, 4) is 0 Å². The Bertz CT molecular complexity index is 175. The third-order valence-electron chi connectivity index (χ3n) is 0.704. The summed E-state index contributed by atoms with van der Waals surface area (Å²) in [5.41, 5.74) is 0. The molecule has 0 fully saturated rings. The van der Waals surface area contributed by atoms with E-state index in [0.29, 0.717) is 0 Å². The molecule has 1 unspecified atom stereocenters. The van der Waals surface area contributed by atoms with Crippen LogP contribution in [0.1, 0.15) is 6.92 Å². The number of alkyl halides is 3. The first kappa shape index (κ1) is 12.0. The molecule has 0 aliphatic carbocycles. The zero-order valence-electron chi connectivity index (χ0n) is 5.37. The first-order valence-corrected chi connectivity index (χ1v) is 5.15. The van der Waals surface area contributed by atoms with Crippen molar-refractivity contribution in [3.63, 3.8) is 0 Å². The summed E-state index contributed by atoms with van der Waals surface area (Å²) < 4.78 is 12.1. The molecule has 0 amide bonds. The Hall–Kier alpha value is 0.980. The maximum atomic E-state index is 10.2. The fourth-order valence-electron chi connectivity index (χ4n) is 0.231. The average molecular weight is 243 g/mol. The van der Waals surface area contributed by atoms with Crippen LogP contribution in [0.25, 0.3) is 0 Å². The van der Waals surface area contributed by atoms with Gasteiger partial charge >= 0.3 is 7.82 Å². The number of phosphoric ester groups is 1. The molecule has 0 aromatic carbocycles. The Morgan fingerprint density at radius 2 is 1.91 bits per heavy atom. The van der Waals surface area contributed by atoms with E-state index in [9.17, 15) is 4.57 Å². The first-order valence-electron chi connectivity index (χ1n) is 2.43. The smallest absolute Gasteiger partial charge is 0.303 e. The lowest BCUT2D eigenvalue weighted by Gasteiger charge is -2.22. The molecule has 0 heterocycles. The summed E-state index contributed by atoms with van der Waals surface area (Å²) in [6.07, 6.45) is 0. The average Bonchev–Trinajstić information content (AvgIpc) is 1.56. The number of hydrogen-bond acceptors (Lipinski definition) is 2. The van der Waals surface area contributed by atoms with Gasteiger partial charge in [-0.3, -0.25) is 0 Å². The van der Waals surface area contributed by atoms with Gasteiger partial charge in [-0.2, -0.15) is 0 Å². The molecule has 0 aliphatic rings. The van der Waals surface area contributed by atoms with Gasteiger partial charge in [-0.15, -0.1) is 11.6 Å². The summed E-state index contributed by atoms with van der Waals surface area (Å²) in [5, 5.41) is -0.932. The highest BCUT2D eigenvalue weighted by atomic mass is 35.5. The minimum Gasteiger partial charge on any atom is -0.303 e. The molecule has 0 aromatic rings. The lowest BCUT2D eigenvalue weighted by molar-refractivity contribution is 0.155. The van der Waals surface area contributed by atoms with Crippen LogP contribution >= 0.6 is 42.6 Å². The van der Waals surface area contributed by atoms with Gasteiger partial charge in [0.05, 0.1) is 5.38 Å². The molecule has 4 nitrogen and oxygen atoms in total. The van der Waals surface area contributed by atoms with E-state index in [-0.39, 0.29) is 0 Å². The molecule has 11 heavy (non-hydrogen) atoms. The van der Waals surface area contributed by atoms with E-state index in [4.69, 9.17) is 44.6 Å². The Morgan fingerprint density at radius 1 is 1.55 bits per heavy atom. The van der Waals surface area contributed by atoms with Gasteiger partial charge in [0.25, 0.3) is 0 Å². The van der Waals surface area contributed by atoms with Gasteiger partial charge in [0.2, 0.25) is 4.52 Å². The molecule has 0 saturated heterocycles. The Kier molecular flexibility index (Phi) is 4.13. The number of rotatable bonds is 3. The molecule has 0 rings (SSSR count). The minimum atomic E-state index is -4.69. The molecule has 0 aromatic heterocycles. The zero-order valence-corrected chi connectivity index (χ0v) is 8.53. The third kappa shape index (κ3) is 5.26. The predicted molar refractivity (Wildman–Crippen MR) is 42.9 cm³/mol. The van der Waals surface area contributed by atoms with E-state index >= 15 is 0 Å². The third-order valence-corrected chi connectivity index (χ3v) is 2.78. The Morgan fingerprint density at radius 3 is 2.00 bits per heavy atom. The monoisotopic (exact) mass is 242 g/mol. The van der Waals surface area contributed by atoms with E-state index in [1.165, 1.54) is 6.92 Å². The van der Waals surface area contributed by atoms with Gasteiger partial charge in [-0.25, -0.2) is 9.09 Å². The lowest BCUT2D eigenvalue weighted by Crippen LogP contribution is -2.26. The molecule has 8 heteroatoms. The quantitative estimate of drug-likeness (QED) is 0.586. The van der Waals surface area contributed by atoms with E-state index in [1.54, 1.807) is 0 Å². The van der Waals surface area contributed by atoms with Crippen molar-refractivity contribution in [2.45, 2.75) is 16.8 Å². The highest BCUT2D eigenvalue weighted by Gasteiger charge is 2.38. The van der Waals surface area contributed by atoms with Gasteiger partial charge in [-0.05, 0) is 6.92 Å². The van der Waals surface area contributed by atoms with Crippen molar-refractivity contribution < 1.29 is 18.9 Å². The van der Waals surface area contributed by atoms with Crippen molar-refractivity contribution >= 4 is 42.6 Å². The summed E-state index contributed by atoms with van der Waals surface area (Å²) in [5.74, 6) is 0. The van der Waals surface area contributed by atoms with Crippen molar-refractivity contribution in [3.05, 3.63) is 0 Å². The molecule has 68 valence electrons. The maximum absolute atomic E-state index is 10.2. The minimum absolute atomic E-state index is 0.932. The topological polar surface area (TPSA) is 66.8 Å². The van der Waals surface area contributed by atoms with Crippen molar-refractivity contribution in [1.82, 2.24) is 0 Å². The summed E-state index contributed by atoms with van der Waals surface area (Å²) in [6, 6.07) is 0. The Balaban J connectivity index is 4.25. The summed E-state index contributed by atoms with van der Waals surface area (Å²) >= 11 is 15.9. The van der Waals surface area contributed by atoms with Gasteiger partial charge in [-0.1, -0.05) is 23.2 Å². The summed E-state index contributed by atoms with van der Waals surface area (Å²) in [4.78, 5) is 16.5. The zero-order chi connectivity index (χ0) is 9.28. The van der Waals surface area contributed by atoms with Crippen molar-refractivity contribution in [2.75, 3.05) is 0 Å². The van der Waals surface area contributed by atoms with Crippen LogP contribution in [0.5, 0.6) is 0 Å². The van der Waals surface area contributed by atoms with Crippen LogP contribution < -0.4 is 0 Å². The predicted octanol–water partition coefficient (Wildman–Crippen LogP) is 1.85. The summed E-state index contributed by atoms with van der Waals surface area (Å²) in [6.45, 7) is 1.34. The van der Waals surface area contributed by atoms with Crippen molar-refractivity contribution in [2.24, 2.45) is 0 Å². The van der Waals surface area contributed by atoms with E-state index in [0.717, 1.165) is 0 Å². The van der Waals surface area contributed by atoms with Gasteiger partial charge in [0.15, 0.2) is 0 Å². The lowest BCUT2D eigenvalue weighted by atomic mass is 10.5. The molecular formula is C3H6Cl3O4P. The van der Waals surface area contributed by atoms with Crippen LogP contribution in [0.3, 0.4) is 0 Å². The second-order valence-corrected chi connectivity index (χ2v) is 4.89. The molecule has 0 saturated carbocycles. The second-order valence-electron chi connectivity index (χ2n) is 1.76. The fourth-order valence-corrected chi connectivity index (χ4v) is 1.35. The van der Waals surface area contributed by atoms with Crippen LogP contribution in [0, 0.1) is 0 Å². The molecular weight excluding hydrogens is 237 g/mol. The fraction of sp³-hybridized carbons (Fsp3) is 1.00.